The molecular weight excluding hydrogens is 162 g/mol. The monoisotopic (exact) mass is 183 g/mol. The van der Waals surface area contributed by atoms with E-state index in [1.807, 2.05) is 0 Å². The first-order valence-corrected chi connectivity index (χ1v) is 5.61. The third-order valence-corrected chi connectivity index (χ3v) is 3.80. The van der Waals surface area contributed by atoms with E-state index in [1.54, 1.807) is 0 Å². The summed E-state index contributed by atoms with van der Waals surface area (Å²) in [7, 11) is 0. The summed E-state index contributed by atoms with van der Waals surface area (Å²) in [6, 6.07) is 0.951. The highest BCUT2D eigenvalue weighted by atomic mass is 16.3. The molecule has 2 saturated carbocycles. The quantitative estimate of drug-likeness (QED) is 0.697. The van der Waals surface area contributed by atoms with Crippen molar-refractivity contribution in [2.75, 3.05) is 6.61 Å². The van der Waals surface area contributed by atoms with E-state index in [1.165, 1.54) is 38.5 Å². The molecule has 0 aromatic rings. The summed E-state index contributed by atoms with van der Waals surface area (Å²) in [5.74, 6) is 0. The van der Waals surface area contributed by atoms with Crippen molar-refractivity contribution in [1.29, 1.82) is 0 Å². The fourth-order valence-corrected chi connectivity index (χ4v) is 2.53. The Morgan fingerprint density at radius 1 is 1.31 bits per heavy atom. The maximum absolute atomic E-state index is 8.92. The molecule has 2 N–H and O–H groups in total. The summed E-state index contributed by atoms with van der Waals surface area (Å²) in [4.78, 5) is 0. The van der Waals surface area contributed by atoms with Crippen LogP contribution in [0, 0.1) is 5.41 Å². The van der Waals surface area contributed by atoms with E-state index in [0.717, 1.165) is 5.41 Å². The molecule has 0 heterocycles. The normalized spacial score (nSPS) is 29.1. The molecule has 1 spiro atoms. The first-order valence-electron chi connectivity index (χ1n) is 5.61. The van der Waals surface area contributed by atoms with Crippen molar-refractivity contribution < 1.29 is 5.11 Å². The lowest BCUT2D eigenvalue weighted by Crippen LogP contribution is -2.41. The molecular formula is C11H21NO. The number of aliphatic hydroxyl groups is 1. The van der Waals surface area contributed by atoms with Crippen LogP contribution in [0.1, 0.15) is 45.4 Å². The molecule has 0 saturated heterocycles. The van der Waals surface area contributed by atoms with Crippen LogP contribution >= 0.6 is 0 Å². The zero-order valence-electron chi connectivity index (χ0n) is 8.55. The van der Waals surface area contributed by atoms with Crippen LogP contribution in [-0.2, 0) is 0 Å². The van der Waals surface area contributed by atoms with Crippen LogP contribution in [-0.4, -0.2) is 23.8 Å². The number of nitrogens with one attached hydrogen (secondary N) is 1. The highest BCUT2D eigenvalue weighted by molar-refractivity contribution is 4.97. The van der Waals surface area contributed by atoms with E-state index in [2.05, 4.69) is 12.2 Å². The number of aliphatic hydroxyl groups excluding tert-OH is 1. The largest absolute Gasteiger partial charge is 0.395 e. The summed E-state index contributed by atoms with van der Waals surface area (Å²) < 4.78 is 0. The molecule has 0 aliphatic heterocycles. The van der Waals surface area contributed by atoms with Gasteiger partial charge in [0.2, 0.25) is 0 Å². The summed E-state index contributed by atoms with van der Waals surface area (Å²) in [5.41, 5.74) is 0.792. The van der Waals surface area contributed by atoms with Gasteiger partial charge in [-0.25, -0.2) is 0 Å². The minimum Gasteiger partial charge on any atom is -0.395 e. The molecule has 1 unspecified atom stereocenters. The third-order valence-electron chi connectivity index (χ3n) is 3.80. The SMILES string of the molecule is CC(CO)NC1CCC2(CC1)CC2. The van der Waals surface area contributed by atoms with Crippen LogP contribution in [0.4, 0.5) is 0 Å². The van der Waals surface area contributed by atoms with Gasteiger partial charge in [-0.15, -0.1) is 0 Å². The van der Waals surface area contributed by atoms with Gasteiger partial charge < -0.3 is 10.4 Å². The molecule has 76 valence electrons. The summed E-state index contributed by atoms with van der Waals surface area (Å²) in [5, 5.41) is 12.4. The second kappa shape index (κ2) is 3.58. The lowest BCUT2D eigenvalue weighted by molar-refractivity contribution is 0.210. The maximum atomic E-state index is 8.92. The number of hydrogen-bond acceptors (Lipinski definition) is 2. The number of hydrogen-bond donors (Lipinski definition) is 2. The topological polar surface area (TPSA) is 32.3 Å². The van der Waals surface area contributed by atoms with Crippen molar-refractivity contribution >= 4 is 0 Å². The van der Waals surface area contributed by atoms with Crippen LogP contribution in [0.5, 0.6) is 0 Å². The predicted molar refractivity (Wildman–Crippen MR) is 53.6 cm³/mol. The highest BCUT2D eigenvalue weighted by Crippen LogP contribution is 2.56. The molecule has 2 aliphatic carbocycles. The maximum Gasteiger partial charge on any atom is 0.0582 e. The van der Waals surface area contributed by atoms with Gasteiger partial charge in [0.25, 0.3) is 0 Å². The van der Waals surface area contributed by atoms with Crippen molar-refractivity contribution in [2.24, 2.45) is 5.41 Å². The van der Waals surface area contributed by atoms with Crippen molar-refractivity contribution in [3.05, 3.63) is 0 Å². The lowest BCUT2D eigenvalue weighted by Gasteiger charge is -2.30. The van der Waals surface area contributed by atoms with Gasteiger partial charge >= 0.3 is 0 Å². The smallest absolute Gasteiger partial charge is 0.0582 e. The van der Waals surface area contributed by atoms with Gasteiger partial charge in [-0.3, -0.25) is 0 Å². The molecule has 2 heteroatoms. The molecule has 0 aromatic carbocycles. The Kier molecular flexibility index (Phi) is 2.61. The fraction of sp³-hybridized carbons (Fsp3) is 1.00. The number of rotatable bonds is 3. The Bertz CT molecular complexity index is 167. The van der Waals surface area contributed by atoms with E-state index < -0.39 is 0 Å². The Hall–Kier alpha value is -0.0800. The average Bonchev–Trinajstić information content (AvgIpc) is 2.90. The lowest BCUT2D eigenvalue weighted by atomic mass is 9.83. The predicted octanol–water partition coefficient (Wildman–Crippen LogP) is 1.68. The third kappa shape index (κ3) is 2.23. The zero-order chi connectivity index (χ0) is 9.31. The minimum atomic E-state index is 0.266. The van der Waals surface area contributed by atoms with Gasteiger partial charge in [-0.05, 0) is 50.9 Å². The molecule has 2 fully saturated rings. The van der Waals surface area contributed by atoms with Crippen molar-refractivity contribution in [2.45, 2.75) is 57.5 Å². The van der Waals surface area contributed by atoms with Gasteiger partial charge in [-0.1, -0.05) is 0 Å². The van der Waals surface area contributed by atoms with Crippen molar-refractivity contribution in [3.8, 4) is 0 Å². The molecule has 0 radical (unpaired) electrons. The second-order valence-corrected chi connectivity index (χ2v) is 5.02. The van der Waals surface area contributed by atoms with Gasteiger partial charge in [0, 0.05) is 12.1 Å². The summed E-state index contributed by atoms with van der Waals surface area (Å²) in [6.07, 6.45) is 8.45. The van der Waals surface area contributed by atoms with Gasteiger partial charge in [0.05, 0.1) is 6.61 Å². The van der Waals surface area contributed by atoms with E-state index in [4.69, 9.17) is 5.11 Å². The Labute approximate surface area is 80.7 Å². The van der Waals surface area contributed by atoms with E-state index in [9.17, 15) is 0 Å². The molecule has 0 bridgehead atoms. The molecule has 1 atom stereocenters. The van der Waals surface area contributed by atoms with Crippen LogP contribution < -0.4 is 5.32 Å². The Balaban J connectivity index is 1.71. The average molecular weight is 183 g/mol. The summed E-state index contributed by atoms with van der Waals surface area (Å²) >= 11 is 0. The van der Waals surface area contributed by atoms with Gasteiger partial charge in [-0.2, -0.15) is 0 Å². The van der Waals surface area contributed by atoms with Crippen LogP contribution in [0.15, 0.2) is 0 Å². The van der Waals surface area contributed by atoms with Crippen molar-refractivity contribution in [1.82, 2.24) is 5.32 Å². The van der Waals surface area contributed by atoms with E-state index in [-0.39, 0.29) is 12.6 Å². The second-order valence-electron chi connectivity index (χ2n) is 5.02. The van der Waals surface area contributed by atoms with Crippen molar-refractivity contribution in [3.63, 3.8) is 0 Å². The first kappa shape index (κ1) is 9.47. The zero-order valence-corrected chi connectivity index (χ0v) is 8.55. The molecule has 0 amide bonds. The first-order chi connectivity index (χ1) is 6.24. The fourth-order valence-electron chi connectivity index (χ4n) is 2.53. The molecule has 2 aliphatic rings. The minimum absolute atomic E-state index is 0.266. The molecule has 13 heavy (non-hydrogen) atoms. The van der Waals surface area contributed by atoms with Crippen LogP contribution in [0.25, 0.3) is 0 Å². The van der Waals surface area contributed by atoms with Crippen LogP contribution in [0.2, 0.25) is 0 Å². The van der Waals surface area contributed by atoms with Gasteiger partial charge in [0.15, 0.2) is 0 Å². The van der Waals surface area contributed by atoms with E-state index >= 15 is 0 Å². The molecule has 2 rings (SSSR count). The van der Waals surface area contributed by atoms with Gasteiger partial charge in [0.1, 0.15) is 0 Å². The molecule has 2 nitrogen and oxygen atoms in total. The van der Waals surface area contributed by atoms with Crippen LogP contribution in [0.3, 0.4) is 0 Å². The molecule has 0 aromatic heterocycles. The van der Waals surface area contributed by atoms with E-state index in [0.29, 0.717) is 6.04 Å². The Morgan fingerprint density at radius 2 is 1.92 bits per heavy atom. The Morgan fingerprint density at radius 3 is 2.38 bits per heavy atom. The standard InChI is InChI=1S/C11H21NO/c1-9(8-13)12-10-2-4-11(5-3-10)6-7-11/h9-10,12-13H,2-8H2,1H3. The highest BCUT2D eigenvalue weighted by Gasteiger charge is 2.44. The summed E-state index contributed by atoms with van der Waals surface area (Å²) in [6.45, 7) is 2.32.